The van der Waals surface area contributed by atoms with E-state index in [-0.39, 0.29) is 30.0 Å². The lowest BCUT2D eigenvalue weighted by atomic mass is 10.1. The molecule has 0 saturated carbocycles. The van der Waals surface area contributed by atoms with Crippen molar-refractivity contribution < 1.29 is 23.9 Å². The minimum atomic E-state index is -0.501. The number of rotatable bonds is 8. The second kappa shape index (κ2) is 9.09. The van der Waals surface area contributed by atoms with Crippen molar-refractivity contribution in [1.82, 2.24) is 5.32 Å². The summed E-state index contributed by atoms with van der Waals surface area (Å²) in [7, 11) is 4.30. The maximum atomic E-state index is 12.4. The molecule has 2 aromatic rings. The molecule has 1 amide bonds. The number of nitro benzene ring substituents is 1. The van der Waals surface area contributed by atoms with Crippen LogP contribution in [0.4, 0.5) is 5.69 Å². The fourth-order valence-electron chi connectivity index (χ4n) is 2.54. The van der Waals surface area contributed by atoms with Gasteiger partial charge in [-0.1, -0.05) is 11.6 Å². The van der Waals surface area contributed by atoms with E-state index in [9.17, 15) is 14.9 Å². The molecule has 0 unspecified atom stereocenters. The zero-order valence-electron chi connectivity index (χ0n) is 15.1. The minimum Gasteiger partial charge on any atom is -0.496 e. The van der Waals surface area contributed by atoms with Gasteiger partial charge in [-0.15, -0.1) is 0 Å². The molecule has 0 heterocycles. The van der Waals surface area contributed by atoms with Crippen molar-refractivity contribution in [2.24, 2.45) is 0 Å². The highest BCUT2D eigenvalue weighted by Gasteiger charge is 2.20. The summed E-state index contributed by atoms with van der Waals surface area (Å²) in [5, 5.41) is 14.4. The summed E-state index contributed by atoms with van der Waals surface area (Å²) < 4.78 is 15.4. The molecule has 9 heteroatoms. The summed E-state index contributed by atoms with van der Waals surface area (Å²) in [4.78, 5) is 23.2. The van der Waals surface area contributed by atoms with Crippen LogP contribution in [0, 0.1) is 10.1 Å². The van der Waals surface area contributed by atoms with E-state index in [0.29, 0.717) is 22.1 Å². The van der Waals surface area contributed by atoms with Gasteiger partial charge in [0.15, 0.2) is 11.5 Å². The van der Waals surface area contributed by atoms with Gasteiger partial charge in [0.25, 0.3) is 11.6 Å². The number of nitrogens with one attached hydrogen (secondary N) is 1. The Morgan fingerprint density at radius 1 is 1.07 bits per heavy atom. The van der Waals surface area contributed by atoms with Crippen molar-refractivity contribution in [1.29, 1.82) is 0 Å². The molecule has 0 spiro atoms. The van der Waals surface area contributed by atoms with Crippen molar-refractivity contribution in [3.8, 4) is 17.2 Å². The van der Waals surface area contributed by atoms with Gasteiger partial charge in [0.05, 0.1) is 37.9 Å². The van der Waals surface area contributed by atoms with E-state index >= 15 is 0 Å². The molecule has 0 aliphatic carbocycles. The largest absolute Gasteiger partial charge is 0.496 e. The number of nitro groups is 1. The summed E-state index contributed by atoms with van der Waals surface area (Å²) in [5.74, 6) is 0.632. The molecule has 144 valence electrons. The number of methoxy groups -OCH3 is 3. The molecular weight excluding hydrogens is 376 g/mol. The molecule has 0 aliphatic rings. The first-order chi connectivity index (χ1) is 12.9. The highest BCUT2D eigenvalue weighted by atomic mass is 35.5. The number of amides is 1. The van der Waals surface area contributed by atoms with Crippen LogP contribution in [0.2, 0.25) is 5.02 Å². The molecule has 2 aromatic carbocycles. The molecule has 27 heavy (non-hydrogen) atoms. The summed E-state index contributed by atoms with van der Waals surface area (Å²) in [6.07, 6.45) is 0.227. The first-order valence-electron chi connectivity index (χ1n) is 7.92. The Bertz CT molecular complexity index is 856. The zero-order chi connectivity index (χ0) is 20.0. The van der Waals surface area contributed by atoms with E-state index < -0.39 is 10.8 Å². The first kappa shape index (κ1) is 20.3. The molecule has 1 N–H and O–H groups in total. The predicted molar refractivity (Wildman–Crippen MR) is 100 cm³/mol. The number of ether oxygens (including phenoxy) is 3. The molecule has 0 aliphatic heterocycles. The maximum absolute atomic E-state index is 12.4. The van der Waals surface area contributed by atoms with Crippen LogP contribution in [0.3, 0.4) is 0 Å². The normalized spacial score (nSPS) is 10.2. The number of nitrogens with zero attached hydrogens (tertiary/aromatic N) is 1. The monoisotopic (exact) mass is 394 g/mol. The van der Waals surface area contributed by atoms with E-state index in [1.165, 1.54) is 39.5 Å². The van der Waals surface area contributed by atoms with E-state index in [1.54, 1.807) is 12.1 Å². The van der Waals surface area contributed by atoms with E-state index in [0.717, 1.165) is 0 Å². The summed E-state index contributed by atoms with van der Waals surface area (Å²) >= 11 is 5.93. The highest BCUT2D eigenvalue weighted by molar-refractivity contribution is 6.31. The van der Waals surface area contributed by atoms with Crippen LogP contribution in [0.5, 0.6) is 17.2 Å². The van der Waals surface area contributed by atoms with Crippen molar-refractivity contribution >= 4 is 23.2 Å². The Morgan fingerprint density at radius 2 is 1.70 bits per heavy atom. The molecular formula is C18H19ClN2O6. The van der Waals surface area contributed by atoms with Gasteiger partial charge in [-0.05, 0) is 30.7 Å². The molecule has 0 radical (unpaired) electrons. The number of halogens is 1. The topological polar surface area (TPSA) is 99.9 Å². The van der Waals surface area contributed by atoms with Crippen LogP contribution in [0.1, 0.15) is 15.9 Å². The second-order valence-corrected chi connectivity index (χ2v) is 5.88. The van der Waals surface area contributed by atoms with Gasteiger partial charge in [-0.25, -0.2) is 0 Å². The number of hydrogen-bond acceptors (Lipinski definition) is 6. The van der Waals surface area contributed by atoms with Gasteiger partial charge in [-0.2, -0.15) is 0 Å². The van der Waals surface area contributed by atoms with E-state index in [4.69, 9.17) is 25.8 Å². The first-order valence-corrected chi connectivity index (χ1v) is 8.30. The van der Waals surface area contributed by atoms with Crippen LogP contribution >= 0.6 is 11.6 Å². The van der Waals surface area contributed by atoms with Crippen molar-refractivity contribution in [2.45, 2.75) is 6.42 Å². The van der Waals surface area contributed by atoms with Gasteiger partial charge in [0.2, 0.25) is 0 Å². The van der Waals surface area contributed by atoms with Gasteiger partial charge < -0.3 is 19.5 Å². The Hall–Kier alpha value is -3.00. The number of carbonyl (C=O) groups excluding carboxylic acids is 1. The second-order valence-electron chi connectivity index (χ2n) is 5.44. The highest BCUT2D eigenvalue weighted by Crippen LogP contribution is 2.34. The van der Waals surface area contributed by atoms with Crippen LogP contribution in [-0.2, 0) is 6.42 Å². The SMILES string of the molecule is COc1cc(CCNC(=O)c2cc(Cl)ccc2OC)c([N+](=O)[O-])cc1OC. The van der Waals surface area contributed by atoms with Gasteiger partial charge in [0.1, 0.15) is 5.75 Å². The lowest BCUT2D eigenvalue weighted by molar-refractivity contribution is -0.385. The quantitative estimate of drug-likeness (QED) is 0.545. The third kappa shape index (κ3) is 4.79. The fraction of sp³-hybridized carbons (Fsp3) is 0.278. The Morgan fingerprint density at radius 3 is 2.30 bits per heavy atom. The van der Waals surface area contributed by atoms with Gasteiger partial charge in [-0.3, -0.25) is 14.9 Å². The Labute approximate surface area is 161 Å². The smallest absolute Gasteiger partial charge is 0.276 e. The average Bonchev–Trinajstić information content (AvgIpc) is 2.67. The van der Waals surface area contributed by atoms with Crippen molar-refractivity contribution in [2.75, 3.05) is 27.9 Å². The Kier molecular flexibility index (Phi) is 6.84. The lowest BCUT2D eigenvalue weighted by Gasteiger charge is -2.12. The summed E-state index contributed by atoms with van der Waals surface area (Å²) in [6, 6.07) is 7.54. The van der Waals surface area contributed by atoms with E-state index in [1.807, 2.05) is 0 Å². The van der Waals surface area contributed by atoms with Crippen LogP contribution in [0.25, 0.3) is 0 Å². The van der Waals surface area contributed by atoms with Crippen LogP contribution in [0.15, 0.2) is 30.3 Å². The van der Waals surface area contributed by atoms with Crippen LogP contribution in [-0.4, -0.2) is 38.7 Å². The molecule has 0 atom stereocenters. The summed E-state index contributed by atoms with van der Waals surface area (Å²) in [6.45, 7) is 0.171. The number of benzene rings is 2. The van der Waals surface area contributed by atoms with Crippen LogP contribution < -0.4 is 19.5 Å². The van der Waals surface area contributed by atoms with Gasteiger partial charge >= 0.3 is 0 Å². The van der Waals surface area contributed by atoms with Crippen molar-refractivity contribution in [3.05, 3.63) is 56.6 Å². The molecule has 0 saturated heterocycles. The molecule has 8 nitrogen and oxygen atoms in total. The summed E-state index contributed by atoms with van der Waals surface area (Å²) in [5.41, 5.74) is 0.588. The van der Waals surface area contributed by atoms with Gasteiger partial charge in [0, 0.05) is 17.1 Å². The lowest BCUT2D eigenvalue weighted by Crippen LogP contribution is -2.26. The molecule has 0 fully saturated rings. The fourth-order valence-corrected chi connectivity index (χ4v) is 2.72. The average molecular weight is 395 g/mol. The molecule has 0 bridgehead atoms. The van der Waals surface area contributed by atoms with E-state index in [2.05, 4.69) is 5.32 Å². The number of carbonyl (C=O) groups is 1. The number of hydrogen-bond donors (Lipinski definition) is 1. The third-order valence-corrected chi connectivity index (χ3v) is 4.10. The molecule has 2 rings (SSSR count). The van der Waals surface area contributed by atoms with Crippen molar-refractivity contribution in [3.63, 3.8) is 0 Å². The minimum absolute atomic E-state index is 0.109. The third-order valence-electron chi connectivity index (χ3n) is 3.87. The maximum Gasteiger partial charge on any atom is 0.276 e. The molecule has 0 aromatic heterocycles. The Balaban J connectivity index is 2.16. The standard InChI is InChI=1S/C18H19ClN2O6/c1-25-15-5-4-12(19)9-13(15)18(22)20-7-6-11-8-16(26-2)17(27-3)10-14(11)21(23)24/h4-5,8-10H,6-7H2,1-3H3,(H,20,22). The predicted octanol–water partition coefficient (Wildman–Crippen LogP) is 3.25. The zero-order valence-corrected chi connectivity index (χ0v) is 15.8.